The van der Waals surface area contributed by atoms with E-state index in [0.29, 0.717) is 23.6 Å². The average Bonchev–Trinajstić information content (AvgIpc) is 2.99. The second-order valence-electron chi connectivity index (χ2n) is 8.44. The number of hydrogen-bond acceptors (Lipinski definition) is 3. The minimum Gasteiger partial charge on any atom is -0.354 e. The van der Waals surface area contributed by atoms with Crippen LogP contribution >= 0.6 is 11.6 Å². The minimum atomic E-state index is -0.709. The lowest BCUT2D eigenvalue weighted by Gasteiger charge is -2.52. The van der Waals surface area contributed by atoms with Gasteiger partial charge in [-0.05, 0) is 55.9 Å². The number of amides is 1. The molecule has 30 heavy (non-hydrogen) atoms. The van der Waals surface area contributed by atoms with E-state index in [0.717, 1.165) is 17.5 Å². The summed E-state index contributed by atoms with van der Waals surface area (Å²) >= 11 is 6.60. The summed E-state index contributed by atoms with van der Waals surface area (Å²) < 4.78 is 0. The van der Waals surface area contributed by atoms with Gasteiger partial charge in [-0.2, -0.15) is 5.26 Å². The molecule has 0 radical (unpaired) electrons. The molecule has 2 aromatic rings. The van der Waals surface area contributed by atoms with E-state index in [-0.39, 0.29) is 17.7 Å². The van der Waals surface area contributed by atoms with Crippen molar-refractivity contribution in [2.24, 2.45) is 11.1 Å². The molecule has 5 heteroatoms. The largest absolute Gasteiger partial charge is 0.354 e. The highest BCUT2D eigenvalue weighted by molar-refractivity contribution is 6.31. The van der Waals surface area contributed by atoms with Crippen LogP contribution in [-0.4, -0.2) is 18.0 Å². The van der Waals surface area contributed by atoms with Crippen LogP contribution in [0, 0.1) is 23.7 Å². The van der Waals surface area contributed by atoms with E-state index in [2.05, 4.69) is 42.6 Å². The van der Waals surface area contributed by atoms with Crippen LogP contribution in [-0.2, 0) is 4.79 Å². The van der Waals surface area contributed by atoms with Crippen molar-refractivity contribution in [3.05, 3.63) is 69.7 Å². The molecule has 0 bridgehead atoms. The fourth-order valence-electron chi connectivity index (χ4n) is 5.13. The average molecular weight is 424 g/mol. The number of nitriles is 1. The molecule has 2 aliphatic rings. The summed E-state index contributed by atoms with van der Waals surface area (Å²) in [7, 11) is 0. The third-order valence-corrected chi connectivity index (χ3v) is 7.28. The second-order valence-corrected chi connectivity index (χ2v) is 8.84. The number of carbonyl (C=O) groups is 1. The summed E-state index contributed by atoms with van der Waals surface area (Å²) in [6, 6.07) is 16.0. The summed E-state index contributed by atoms with van der Waals surface area (Å²) in [5, 5.41) is 12.8. The van der Waals surface area contributed by atoms with Crippen LogP contribution in [0.15, 0.2) is 42.5 Å². The lowest BCUT2D eigenvalue weighted by molar-refractivity contribution is -0.130. The summed E-state index contributed by atoms with van der Waals surface area (Å²) in [6.07, 6.45) is 1.52. The summed E-state index contributed by atoms with van der Waals surface area (Å²) in [5.74, 6) is 0.0569. The maximum Gasteiger partial charge on any atom is 0.227 e. The van der Waals surface area contributed by atoms with Crippen molar-refractivity contribution in [2.45, 2.75) is 57.9 Å². The zero-order valence-electron chi connectivity index (χ0n) is 18.1. The highest BCUT2D eigenvalue weighted by Crippen LogP contribution is 2.58. The van der Waals surface area contributed by atoms with Crippen LogP contribution in [0.5, 0.6) is 0 Å². The number of nitrogens with two attached hydrogens (primary N) is 1. The first-order valence-corrected chi connectivity index (χ1v) is 11.0. The smallest absolute Gasteiger partial charge is 0.227 e. The van der Waals surface area contributed by atoms with Crippen LogP contribution in [0.3, 0.4) is 0 Å². The SMILES string of the molecule is CC.Cc1ccc(C2C(c3ccc(C#N)cc3Cl)CCC3(C)C(=O)NCC23N)cc1. The van der Waals surface area contributed by atoms with Crippen molar-refractivity contribution in [3.63, 3.8) is 0 Å². The number of aryl methyl sites for hydroxylation is 1. The Morgan fingerprint density at radius 3 is 2.47 bits per heavy atom. The molecular weight excluding hydrogens is 394 g/mol. The molecule has 3 N–H and O–H groups in total. The second kappa shape index (κ2) is 8.41. The molecule has 158 valence electrons. The molecule has 4 unspecified atom stereocenters. The number of carbonyl (C=O) groups excluding carboxylic acids is 1. The summed E-state index contributed by atoms with van der Waals surface area (Å²) in [4.78, 5) is 12.7. The molecule has 4 atom stereocenters. The molecule has 1 amide bonds. The Balaban J connectivity index is 0.00000124. The zero-order chi connectivity index (χ0) is 22.1. The van der Waals surface area contributed by atoms with Gasteiger partial charge in [0.15, 0.2) is 0 Å². The fourth-order valence-corrected chi connectivity index (χ4v) is 5.45. The normalized spacial score (nSPS) is 29.8. The van der Waals surface area contributed by atoms with E-state index in [1.807, 2.05) is 32.9 Å². The quantitative estimate of drug-likeness (QED) is 0.709. The van der Waals surface area contributed by atoms with Gasteiger partial charge in [-0.25, -0.2) is 0 Å². The number of hydrogen-bond donors (Lipinski definition) is 2. The maximum absolute atomic E-state index is 12.7. The van der Waals surface area contributed by atoms with Crippen molar-refractivity contribution in [1.82, 2.24) is 5.32 Å². The van der Waals surface area contributed by atoms with Crippen molar-refractivity contribution < 1.29 is 4.79 Å². The van der Waals surface area contributed by atoms with Gasteiger partial charge >= 0.3 is 0 Å². The Morgan fingerprint density at radius 2 is 1.87 bits per heavy atom. The maximum atomic E-state index is 12.7. The first kappa shape index (κ1) is 22.3. The Labute approximate surface area is 184 Å². The summed E-state index contributed by atoms with van der Waals surface area (Å²) in [5.41, 5.74) is 9.59. The molecule has 1 saturated heterocycles. The van der Waals surface area contributed by atoms with Gasteiger partial charge < -0.3 is 11.1 Å². The van der Waals surface area contributed by atoms with Gasteiger partial charge in [0.1, 0.15) is 0 Å². The van der Waals surface area contributed by atoms with Crippen molar-refractivity contribution in [1.29, 1.82) is 5.26 Å². The molecule has 2 fully saturated rings. The molecule has 1 heterocycles. The molecular formula is C25H30ClN3O. The number of fused-ring (bicyclic) bond motifs is 1. The van der Waals surface area contributed by atoms with Gasteiger partial charge in [-0.1, -0.05) is 61.3 Å². The van der Waals surface area contributed by atoms with E-state index < -0.39 is 11.0 Å². The third kappa shape index (κ3) is 3.41. The van der Waals surface area contributed by atoms with Crippen molar-refractivity contribution >= 4 is 17.5 Å². The molecule has 4 nitrogen and oxygen atoms in total. The first-order valence-electron chi connectivity index (χ1n) is 10.6. The van der Waals surface area contributed by atoms with Crippen molar-refractivity contribution in [3.8, 4) is 6.07 Å². The predicted molar refractivity (Wildman–Crippen MR) is 121 cm³/mol. The van der Waals surface area contributed by atoms with E-state index in [9.17, 15) is 10.1 Å². The predicted octanol–water partition coefficient (Wildman–Crippen LogP) is 5.04. The van der Waals surface area contributed by atoms with Crippen LogP contribution in [0.2, 0.25) is 5.02 Å². The van der Waals surface area contributed by atoms with Gasteiger partial charge in [0.25, 0.3) is 0 Å². The Bertz CT molecular complexity index is 981. The lowest BCUT2D eigenvalue weighted by atomic mass is 9.53. The topological polar surface area (TPSA) is 78.9 Å². The number of nitrogens with zero attached hydrogens (tertiary/aromatic N) is 1. The van der Waals surface area contributed by atoms with Crippen molar-refractivity contribution in [2.75, 3.05) is 6.54 Å². The fraction of sp³-hybridized carbons (Fsp3) is 0.440. The van der Waals surface area contributed by atoms with Gasteiger partial charge in [-0.15, -0.1) is 0 Å². The van der Waals surface area contributed by atoms with Crippen LogP contribution in [0.1, 0.15) is 67.7 Å². The minimum absolute atomic E-state index is 0.0384. The first-order chi connectivity index (χ1) is 14.3. The standard InChI is InChI=1S/C23H24ClN3O.C2H6/c1-14-3-6-16(7-4-14)20-18(17-8-5-15(12-25)11-19(17)24)9-10-22(2)21(28)27-13-23(20,22)26;1-2/h3-8,11,18,20H,9-10,13,26H2,1-2H3,(H,27,28);1-2H3. The Morgan fingerprint density at radius 1 is 1.20 bits per heavy atom. The van der Waals surface area contributed by atoms with E-state index in [1.54, 1.807) is 6.07 Å². The molecule has 1 aliphatic heterocycles. The zero-order valence-corrected chi connectivity index (χ0v) is 18.9. The van der Waals surface area contributed by atoms with E-state index >= 15 is 0 Å². The van der Waals surface area contributed by atoms with Crippen LogP contribution < -0.4 is 11.1 Å². The molecule has 1 aliphatic carbocycles. The van der Waals surface area contributed by atoms with Gasteiger partial charge in [-0.3, -0.25) is 4.79 Å². The lowest BCUT2D eigenvalue weighted by Crippen LogP contribution is -2.62. The molecule has 0 aromatic heterocycles. The molecule has 4 rings (SSSR count). The Hall–Kier alpha value is -2.35. The monoisotopic (exact) mass is 423 g/mol. The van der Waals surface area contributed by atoms with Crippen LogP contribution in [0.25, 0.3) is 0 Å². The summed E-state index contributed by atoms with van der Waals surface area (Å²) in [6.45, 7) is 8.50. The van der Waals surface area contributed by atoms with Gasteiger partial charge in [0, 0.05) is 17.5 Å². The van der Waals surface area contributed by atoms with E-state index in [4.69, 9.17) is 17.3 Å². The van der Waals surface area contributed by atoms with Gasteiger partial charge in [0.2, 0.25) is 5.91 Å². The highest BCUT2D eigenvalue weighted by Gasteiger charge is 2.63. The molecule has 0 spiro atoms. The van der Waals surface area contributed by atoms with Gasteiger partial charge in [0.05, 0.1) is 22.6 Å². The third-order valence-electron chi connectivity index (χ3n) is 6.95. The number of benzene rings is 2. The Kier molecular flexibility index (Phi) is 6.26. The molecule has 1 saturated carbocycles. The number of nitrogens with one attached hydrogen (secondary N) is 1. The number of halogens is 1. The molecule has 2 aromatic carbocycles. The highest BCUT2D eigenvalue weighted by atomic mass is 35.5. The van der Waals surface area contributed by atoms with Crippen LogP contribution in [0.4, 0.5) is 0 Å². The number of rotatable bonds is 2. The van der Waals surface area contributed by atoms with E-state index in [1.165, 1.54) is 5.56 Å².